The van der Waals surface area contributed by atoms with E-state index in [1.807, 2.05) is 11.8 Å². The highest BCUT2D eigenvalue weighted by atomic mass is 32.1. The van der Waals surface area contributed by atoms with Crippen molar-refractivity contribution < 1.29 is 14.3 Å². The van der Waals surface area contributed by atoms with Gasteiger partial charge in [0.1, 0.15) is 11.4 Å². The fraction of sp³-hybridized carbons (Fsp3) is 0.542. The number of thiocarbonyl (C=S) groups is 1. The molecule has 2 aliphatic carbocycles. The number of benzene rings is 1. The number of nitrogens with one attached hydrogen (secondary N) is 1. The van der Waals surface area contributed by atoms with Gasteiger partial charge in [0.2, 0.25) is 5.43 Å². The molecule has 7 nitrogen and oxygen atoms in total. The summed E-state index contributed by atoms with van der Waals surface area (Å²) in [6.07, 6.45) is 6.54. The number of aromatic carboxylic acids is 1. The number of nitrogens with zero attached hydrogens (tertiary/aromatic N) is 3. The van der Waals surface area contributed by atoms with Gasteiger partial charge in [0, 0.05) is 50.3 Å². The van der Waals surface area contributed by atoms with E-state index in [0.717, 1.165) is 16.9 Å². The second kappa shape index (κ2) is 8.59. The molecule has 1 aromatic carbocycles. The number of carboxylic acids is 1. The molecule has 9 heteroatoms. The third-order valence-electron chi connectivity index (χ3n) is 7.67. The van der Waals surface area contributed by atoms with Gasteiger partial charge in [-0.2, -0.15) is 0 Å². The molecule has 1 saturated heterocycles. The van der Waals surface area contributed by atoms with E-state index < -0.39 is 17.2 Å². The van der Waals surface area contributed by atoms with Crippen molar-refractivity contribution in [2.24, 2.45) is 11.8 Å². The van der Waals surface area contributed by atoms with Crippen molar-refractivity contribution in [1.29, 1.82) is 0 Å². The number of anilines is 1. The number of carbonyl (C=O) groups is 1. The van der Waals surface area contributed by atoms with Crippen LogP contribution in [0.1, 0.15) is 43.0 Å². The zero-order valence-electron chi connectivity index (χ0n) is 18.7. The minimum Gasteiger partial charge on any atom is -0.477 e. The number of aryl methyl sites for hydroxylation is 1. The number of aromatic nitrogens is 1. The van der Waals surface area contributed by atoms with E-state index in [9.17, 15) is 14.7 Å². The van der Waals surface area contributed by atoms with Gasteiger partial charge in [-0.25, -0.2) is 9.18 Å². The van der Waals surface area contributed by atoms with Crippen LogP contribution in [-0.4, -0.2) is 57.9 Å². The van der Waals surface area contributed by atoms with Crippen LogP contribution >= 0.6 is 12.2 Å². The van der Waals surface area contributed by atoms with E-state index in [-0.39, 0.29) is 10.9 Å². The van der Waals surface area contributed by atoms with Crippen LogP contribution in [0.4, 0.5) is 10.1 Å². The Labute approximate surface area is 197 Å². The normalized spacial score (nSPS) is 24.5. The van der Waals surface area contributed by atoms with Gasteiger partial charge in [0.15, 0.2) is 5.11 Å². The zero-order valence-corrected chi connectivity index (χ0v) is 19.5. The number of halogens is 1. The lowest BCUT2D eigenvalue weighted by atomic mass is 9.95. The first kappa shape index (κ1) is 22.1. The van der Waals surface area contributed by atoms with Crippen molar-refractivity contribution in [1.82, 2.24) is 14.8 Å². The molecule has 1 aliphatic heterocycles. The van der Waals surface area contributed by atoms with E-state index in [4.69, 9.17) is 12.2 Å². The lowest BCUT2D eigenvalue weighted by Crippen LogP contribution is -2.54. The lowest BCUT2D eigenvalue weighted by molar-refractivity contribution is 0.0695. The van der Waals surface area contributed by atoms with Crippen LogP contribution in [0.5, 0.6) is 0 Å². The minimum atomic E-state index is -1.31. The van der Waals surface area contributed by atoms with Crippen molar-refractivity contribution in [3.63, 3.8) is 0 Å². The van der Waals surface area contributed by atoms with Gasteiger partial charge in [-0.3, -0.25) is 4.79 Å². The van der Waals surface area contributed by atoms with Crippen molar-refractivity contribution in [3.8, 4) is 0 Å². The third kappa shape index (κ3) is 3.96. The van der Waals surface area contributed by atoms with Crippen LogP contribution < -0.4 is 15.6 Å². The SMILES string of the molecule is CCn1cc(C(=O)O)c(=O)c2cc(F)c(N3CCN(C(=S)N[C@@H]4C[C@H]5CC[C@@H]4C5)CC3)cc21. The summed E-state index contributed by atoms with van der Waals surface area (Å²) in [6.45, 7) is 4.96. The van der Waals surface area contributed by atoms with Gasteiger partial charge in [0.25, 0.3) is 0 Å². The average molecular weight is 473 g/mol. The van der Waals surface area contributed by atoms with Crippen LogP contribution in [0.2, 0.25) is 0 Å². The smallest absolute Gasteiger partial charge is 0.341 e. The Morgan fingerprint density at radius 1 is 1.21 bits per heavy atom. The summed E-state index contributed by atoms with van der Waals surface area (Å²) in [5.74, 6) is -0.213. The summed E-state index contributed by atoms with van der Waals surface area (Å²) >= 11 is 5.69. The first-order valence-electron chi connectivity index (χ1n) is 11.8. The zero-order chi connectivity index (χ0) is 23.3. The molecule has 0 amide bonds. The fourth-order valence-corrected chi connectivity index (χ4v) is 6.21. The lowest BCUT2D eigenvalue weighted by Gasteiger charge is -2.39. The molecule has 2 bridgehead atoms. The van der Waals surface area contributed by atoms with Crippen molar-refractivity contribution in [2.45, 2.75) is 45.2 Å². The van der Waals surface area contributed by atoms with E-state index in [0.29, 0.717) is 50.0 Å². The summed E-state index contributed by atoms with van der Waals surface area (Å²) < 4.78 is 16.8. The summed E-state index contributed by atoms with van der Waals surface area (Å²) in [7, 11) is 0. The van der Waals surface area contributed by atoms with Gasteiger partial charge >= 0.3 is 5.97 Å². The monoisotopic (exact) mass is 472 g/mol. The highest BCUT2D eigenvalue weighted by Crippen LogP contribution is 2.44. The first-order valence-corrected chi connectivity index (χ1v) is 12.2. The molecular formula is C24H29FN4O3S. The highest BCUT2D eigenvalue weighted by molar-refractivity contribution is 7.80. The molecule has 2 heterocycles. The standard InChI is InChI=1S/C24H29FN4O3S/c1-2-27-13-17(23(31)32)22(30)16-11-18(25)21(12-20(16)27)28-5-7-29(8-6-28)24(33)26-19-10-14-3-4-15(19)9-14/h11-15,19H,2-10H2,1H3,(H,26,33)(H,31,32)/t14-,15+,19+/m0/s1. The van der Waals surface area contributed by atoms with Crippen molar-refractivity contribution in [2.75, 3.05) is 31.1 Å². The molecule has 0 spiro atoms. The van der Waals surface area contributed by atoms with E-state index in [1.54, 1.807) is 10.6 Å². The van der Waals surface area contributed by atoms with E-state index in [2.05, 4.69) is 10.2 Å². The maximum Gasteiger partial charge on any atom is 0.341 e. The van der Waals surface area contributed by atoms with Gasteiger partial charge in [0.05, 0.1) is 11.2 Å². The predicted molar refractivity (Wildman–Crippen MR) is 130 cm³/mol. The van der Waals surface area contributed by atoms with Crippen molar-refractivity contribution >= 4 is 39.9 Å². The number of rotatable bonds is 4. The van der Waals surface area contributed by atoms with Gasteiger partial charge in [-0.05, 0) is 62.4 Å². The Morgan fingerprint density at radius 3 is 2.58 bits per heavy atom. The molecule has 5 rings (SSSR count). The highest BCUT2D eigenvalue weighted by Gasteiger charge is 2.40. The molecule has 2 aromatic rings. The third-order valence-corrected chi connectivity index (χ3v) is 8.05. The number of hydrogen-bond acceptors (Lipinski definition) is 4. The number of pyridine rings is 1. The molecule has 0 unspecified atom stereocenters. The fourth-order valence-electron chi connectivity index (χ4n) is 5.88. The molecule has 1 aromatic heterocycles. The summed E-state index contributed by atoms with van der Waals surface area (Å²) in [6, 6.07) is 3.34. The molecule has 3 fully saturated rings. The Bertz CT molecular complexity index is 1170. The number of piperazine rings is 1. The molecule has 2 saturated carbocycles. The summed E-state index contributed by atoms with van der Waals surface area (Å²) in [5, 5.41) is 13.8. The number of carboxylic acid groups (broad SMARTS) is 1. The largest absolute Gasteiger partial charge is 0.477 e. The average Bonchev–Trinajstić information content (AvgIpc) is 3.42. The van der Waals surface area contributed by atoms with Crippen LogP contribution in [0, 0.1) is 17.7 Å². The molecule has 3 aliphatic rings. The molecule has 176 valence electrons. The number of hydrogen-bond donors (Lipinski definition) is 2. The quantitative estimate of drug-likeness (QED) is 0.663. The molecule has 2 N–H and O–H groups in total. The Kier molecular flexibility index (Phi) is 5.76. The van der Waals surface area contributed by atoms with Crippen LogP contribution in [0.3, 0.4) is 0 Å². The maximum atomic E-state index is 15.1. The molecule has 33 heavy (non-hydrogen) atoms. The second-order valence-electron chi connectivity index (χ2n) is 9.49. The molecular weight excluding hydrogens is 443 g/mol. The summed E-state index contributed by atoms with van der Waals surface area (Å²) in [5.41, 5.74) is -0.0327. The van der Waals surface area contributed by atoms with Crippen molar-refractivity contribution in [3.05, 3.63) is 39.9 Å². The number of fused-ring (bicyclic) bond motifs is 3. The predicted octanol–water partition coefficient (Wildman–Crippen LogP) is 3.04. The van der Waals surface area contributed by atoms with Gasteiger partial charge < -0.3 is 24.8 Å². The van der Waals surface area contributed by atoms with E-state index >= 15 is 4.39 Å². The Hall–Kier alpha value is -2.68. The maximum absolute atomic E-state index is 15.1. The first-order chi connectivity index (χ1) is 15.9. The minimum absolute atomic E-state index is 0.0906. The second-order valence-corrected chi connectivity index (χ2v) is 9.88. The van der Waals surface area contributed by atoms with Crippen LogP contribution in [-0.2, 0) is 6.54 Å². The molecule has 0 radical (unpaired) electrons. The van der Waals surface area contributed by atoms with E-state index in [1.165, 1.54) is 37.9 Å². The van der Waals surface area contributed by atoms with Crippen LogP contribution in [0.15, 0.2) is 23.1 Å². The van der Waals surface area contributed by atoms with Crippen LogP contribution in [0.25, 0.3) is 10.9 Å². The Balaban J connectivity index is 1.32. The van der Waals surface area contributed by atoms with Gasteiger partial charge in [-0.15, -0.1) is 0 Å². The van der Waals surface area contributed by atoms with Gasteiger partial charge in [-0.1, -0.05) is 6.42 Å². The molecule has 3 atom stereocenters. The Morgan fingerprint density at radius 2 is 1.97 bits per heavy atom. The summed E-state index contributed by atoms with van der Waals surface area (Å²) in [4.78, 5) is 28.1. The topological polar surface area (TPSA) is 77.8 Å².